The normalized spacial score (nSPS) is 10.3. The van der Waals surface area contributed by atoms with E-state index in [1.807, 2.05) is 31.2 Å². The van der Waals surface area contributed by atoms with Crippen LogP contribution < -0.4 is 14.8 Å². The summed E-state index contributed by atoms with van der Waals surface area (Å²) in [5.41, 5.74) is 1.74. The standard InChI is InChI=1S/C18H20ClNO3S/c1-13-4-3-5-15(10-13)23-8-9-24-12-18(21)20-16-11-14(19)6-7-17(16)22-2/h3-7,10-11H,8-9,12H2,1-2H3,(H,20,21). The van der Waals surface area contributed by atoms with Gasteiger partial charge in [-0.25, -0.2) is 0 Å². The van der Waals surface area contributed by atoms with E-state index in [-0.39, 0.29) is 5.91 Å². The van der Waals surface area contributed by atoms with E-state index in [0.29, 0.717) is 28.8 Å². The van der Waals surface area contributed by atoms with Crippen molar-refractivity contribution in [3.63, 3.8) is 0 Å². The number of hydrogen-bond acceptors (Lipinski definition) is 4. The zero-order valence-corrected chi connectivity index (χ0v) is 15.2. The lowest BCUT2D eigenvalue weighted by atomic mass is 10.2. The van der Waals surface area contributed by atoms with Crippen molar-refractivity contribution in [3.8, 4) is 11.5 Å². The van der Waals surface area contributed by atoms with Crippen LogP contribution in [0.3, 0.4) is 0 Å². The fraction of sp³-hybridized carbons (Fsp3) is 0.278. The molecule has 2 aromatic carbocycles. The maximum absolute atomic E-state index is 12.0. The summed E-state index contributed by atoms with van der Waals surface area (Å²) in [6.07, 6.45) is 0. The highest BCUT2D eigenvalue weighted by Gasteiger charge is 2.08. The van der Waals surface area contributed by atoms with Gasteiger partial charge in [0.1, 0.15) is 11.5 Å². The van der Waals surface area contributed by atoms with Crippen LogP contribution in [0, 0.1) is 6.92 Å². The Hall–Kier alpha value is -1.85. The third-order valence-electron chi connectivity index (χ3n) is 3.15. The van der Waals surface area contributed by atoms with E-state index in [4.69, 9.17) is 21.1 Å². The zero-order valence-electron chi connectivity index (χ0n) is 13.7. The van der Waals surface area contributed by atoms with Crippen molar-refractivity contribution < 1.29 is 14.3 Å². The minimum absolute atomic E-state index is 0.101. The fourth-order valence-electron chi connectivity index (χ4n) is 2.05. The molecule has 0 fully saturated rings. The second-order valence-corrected chi connectivity index (χ2v) is 6.65. The number of halogens is 1. The van der Waals surface area contributed by atoms with Crippen LogP contribution in [-0.4, -0.2) is 31.1 Å². The lowest BCUT2D eigenvalue weighted by Gasteiger charge is -2.10. The number of ether oxygens (including phenoxy) is 2. The molecule has 0 atom stereocenters. The molecule has 1 N–H and O–H groups in total. The molecule has 4 nitrogen and oxygen atoms in total. The largest absolute Gasteiger partial charge is 0.495 e. The minimum atomic E-state index is -0.101. The van der Waals surface area contributed by atoms with Crippen LogP contribution in [0.1, 0.15) is 5.56 Å². The van der Waals surface area contributed by atoms with Crippen molar-refractivity contribution in [2.24, 2.45) is 0 Å². The maximum Gasteiger partial charge on any atom is 0.234 e. The van der Waals surface area contributed by atoms with Crippen molar-refractivity contribution in [1.29, 1.82) is 0 Å². The van der Waals surface area contributed by atoms with Crippen LogP contribution in [0.4, 0.5) is 5.69 Å². The third-order valence-corrected chi connectivity index (χ3v) is 4.31. The summed E-state index contributed by atoms with van der Waals surface area (Å²) in [6, 6.07) is 13.0. The van der Waals surface area contributed by atoms with Gasteiger partial charge in [-0.15, -0.1) is 11.8 Å². The molecule has 24 heavy (non-hydrogen) atoms. The highest BCUT2D eigenvalue weighted by atomic mass is 35.5. The summed E-state index contributed by atoms with van der Waals surface area (Å²) in [5, 5.41) is 3.35. The number of aryl methyl sites for hydroxylation is 1. The van der Waals surface area contributed by atoms with Gasteiger partial charge in [0.2, 0.25) is 5.91 Å². The van der Waals surface area contributed by atoms with Gasteiger partial charge in [0, 0.05) is 10.8 Å². The second kappa shape index (κ2) is 9.45. The highest BCUT2D eigenvalue weighted by Crippen LogP contribution is 2.27. The van der Waals surface area contributed by atoms with Gasteiger partial charge in [-0.3, -0.25) is 4.79 Å². The third kappa shape index (κ3) is 5.98. The van der Waals surface area contributed by atoms with Gasteiger partial charge in [-0.05, 0) is 42.8 Å². The number of thioether (sulfide) groups is 1. The molecular formula is C18H20ClNO3S. The Morgan fingerprint density at radius 1 is 1.25 bits per heavy atom. The smallest absolute Gasteiger partial charge is 0.234 e. The van der Waals surface area contributed by atoms with E-state index in [9.17, 15) is 4.79 Å². The summed E-state index contributed by atoms with van der Waals surface area (Å²) in [5.74, 6) is 2.40. The molecule has 2 aromatic rings. The number of methoxy groups -OCH3 is 1. The van der Waals surface area contributed by atoms with E-state index in [2.05, 4.69) is 5.32 Å². The minimum Gasteiger partial charge on any atom is -0.495 e. The zero-order chi connectivity index (χ0) is 17.4. The van der Waals surface area contributed by atoms with Crippen LogP contribution in [0.2, 0.25) is 5.02 Å². The fourth-order valence-corrected chi connectivity index (χ4v) is 2.83. The lowest BCUT2D eigenvalue weighted by molar-refractivity contribution is -0.113. The molecule has 0 aliphatic carbocycles. The first-order valence-corrected chi connectivity index (χ1v) is 9.02. The molecule has 0 aromatic heterocycles. The summed E-state index contributed by atoms with van der Waals surface area (Å²) >= 11 is 7.45. The van der Waals surface area contributed by atoms with Crippen LogP contribution in [-0.2, 0) is 4.79 Å². The Balaban J connectivity index is 1.71. The molecule has 0 aliphatic rings. The Morgan fingerprint density at radius 2 is 2.08 bits per heavy atom. The van der Waals surface area contributed by atoms with Crippen molar-refractivity contribution in [2.45, 2.75) is 6.92 Å². The molecule has 0 spiro atoms. The average molecular weight is 366 g/mol. The van der Waals surface area contributed by atoms with Crippen LogP contribution >= 0.6 is 23.4 Å². The van der Waals surface area contributed by atoms with Gasteiger partial charge in [0.05, 0.1) is 25.2 Å². The van der Waals surface area contributed by atoms with Crippen molar-refractivity contribution in [1.82, 2.24) is 0 Å². The van der Waals surface area contributed by atoms with Crippen molar-refractivity contribution >= 4 is 35.0 Å². The molecule has 0 unspecified atom stereocenters. The number of amides is 1. The molecule has 0 radical (unpaired) electrons. The van der Waals surface area contributed by atoms with E-state index < -0.39 is 0 Å². The lowest BCUT2D eigenvalue weighted by Crippen LogP contribution is -2.15. The number of carbonyl (C=O) groups excluding carboxylic acids is 1. The summed E-state index contributed by atoms with van der Waals surface area (Å²) < 4.78 is 10.9. The number of rotatable bonds is 8. The second-order valence-electron chi connectivity index (χ2n) is 5.11. The number of hydrogen-bond donors (Lipinski definition) is 1. The first kappa shape index (κ1) is 18.5. The Kier molecular flexibility index (Phi) is 7.28. The van der Waals surface area contributed by atoms with Crippen molar-refractivity contribution in [3.05, 3.63) is 53.1 Å². The molecule has 128 valence electrons. The van der Waals surface area contributed by atoms with Gasteiger partial charge in [0.15, 0.2) is 0 Å². The molecular weight excluding hydrogens is 346 g/mol. The highest BCUT2D eigenvalue weighted by molar-refractivity contribution is 7.99. The van der Waals surface area contributed by atoms with Gasteiger partial charge in [-0.2, -0.15) is 0 Å². The SMILES string of the molecule is COc1ccc(Cl)cc1NC(=O)CSCCOc1cccc(C)c1. The van der Waals surface area contributed by atoms with Crippen LogP contribution in [0.25, 0.3) is 0 Å². The van der Waals surface area contributed by atoms with Gasteiger partial charge < -0.3 is 14.8 Å². The first-order valence-electron chi connectivity index (χ1n) is 7.49. The van der Waals surface area contributed by atoms with E-state index in [0.717, 1.165) is 17.1 Å². The molecule has 0 saturated heterocycles. The van der Waals surface area contributed by atoms with Gasteiger partial charge >= 0.3 is 0 Å². The molecule has 0 aliphatic heterocycles. The quantitative estimate of drug-likeness (QED) is 0.704. The predicted molar refractivity (Wildman–Crippen MR) is 101 cm³/mol. The van der Waals surface area contributed by atoms with E-state index >= 15 is 0 Å². The monoisotopic (exact) mass is 365 g/mol. The van der Waals surface area contributed by atoms with E-state index in [1.165, 1.54) is 11.8 Å². The summed E-state index contributed by atoms with van der Waals surface area (Å²) in [7, 11) is 1.55. The Morgan fingerprint density at radius 3 is 2.83 bits per heavy atom. The number of benzene rings is 2. The van der Waals surface area contributed by atoms with Gasteiger partial charge in [0.25, 0.3) is 0 Å². The number of anilines is 1. The molecule has 6 heteroatoms. The summed E-state index contributed by atoms with van der Waals surface area (Å²) in [6.45, 7) is 2.58. The predicted octanol–water partition coefficient (Wildman–Crippen LogP) is 4.41. The van der Waals surface area contributed by atoms with Crippen LogP contribution in [0.15, 0.2) is 42.5 Å². The maximum atomic E-state index is 12.0. The summed E-state index contributed by atoms with van der Waals surface area (Å²) in [4.78, 5) is 12.0. The molecule has 1 amide bonds. The number of carbonyl (C=O) groups is 1. The van der Waals surface area contributed by atoms with Gasteiger partial charge in [-0.1, -0.05) is 23.7 Å². The average Bonchev–Trinajstić information content (AvgIpc) is 2.55. The molecule has 0 saturated carbocycles. The molecule has 0 bridgehead atoms. The number of nitrogens with one attached hydrogen (secondary N) is 1. The first-order chi connectivity index (χ1) is 11.6. The van der Waals surface area contributed by atoms with E-state index in [1.54, 1.807) is 25.3 Å². The molecule has 0 heterocycles. The van der Waals surface area contributed by atoms with Crippen molar-refractivity contribution in [2.75, 3.05) is 30.5 Å². The molecule has 2 rings (SSSR count). The topological polar surface area (TPSA) is 47.6 Å². The Labute approximate surface area is 151 Å². The Bertz CT molecular complexity index is 694. The van der Waals surface area contributed by atoms with Crippen LogP contribution in [0.5, 0.6) is 11.5 Å².